The van der Waals surface area contributed by atoms with E-state index in [0.717, 1.165) is 0 Å². The molecule has 1 heterocycles. The molecule has 0 N–H and O–H groups in total. The fraction of sp³-hybridized carbons (Fsp3) is 0. The monoisotopic (exact) mass is 291 g/mol. The van der Waals surface area contributed by atoms with Gasteiger partial charge < -0.3 is 5.21 Å². The second-order valence-corrected chi connectivity index (χ2v) is 4.96. The van der Waals surface area contributed by atoms with Crippen LogP contribution in [-0.2, 0) is 0 Å². The average Bonchev–Trinajstić information content (AvgIpc) is 2.63. The first-order valence-corrected chi connectivity index (χ1v) is 6.28. The number of nitrogens with zero attached hydrogens (tertiary/aromatic N) is 1. The maximum Gasteiger partial charge on any atom is 0.273 e. The SMILES string of the molecule is O=C1C(c2cccc(Cl)c2)=[N+]([O-])c2cccc(Cl)c21. The van der Waals surface area contributed by atoms with Gasteiger partial charge >= 0.3 is 0 Å². The van der Waals surface area contributed by atoms with E-state index in [0.29, 0.717) is 15.3 Å². The summed E-state index contributed by atoms with van der Waals surface area (Å²) in [4.78, 5) is 12.3. The van der Waals surface area contributed by atoms with E-state index in [1.807, 2.05) is 0 Å². The van der Waals surface area contributed by atoms with Crippen LogP contribution in [0.15, 0.2) is 42.5 Å². The Hall–Kier alpha value is -1.84. The molecular formula is C14H7Cl2NO2. The summed E-state index contributed by atoms with van der Waals surface area (Å²) in [5, 5.41) is 13.0. The normalized spacial score (nSPS) is 13.9. The van der Waals surface area contributed by atoms with Gasteiger partial charge in [-0.15, -0.1) is 0 Å². The minimum Gasteiger partial charge on any atom is -0.618 e. The van der Waals surface area contributed by atoms with Crippen molar-refractivity contribution in [1.29, 1.82) is 0 Å². The van der Waals surface area contributed by atoms with Crippen molar-refractivity contribution in [2.45, 2.75) is 0 Å². The highest BCUT2D eigenvalue weighted by Crippen LogP contribution is 2.33. The summed E-state index contributed by atoms with van der Waals surface area (Å²) >= 11 is 11.9. The zero-order valence-electron chi connectivity index (χ0n) is 9.56. The molecule has 0 spiro atoms. The van der Waals surface area contributed by atoms with Crippen LogP contribution < -0.4 is 0 Å². The first-order chi connectivity index (χ1) is 9.09. The van der Waals surface area contributed by atoms with Crippen molar-refractivity contribution in [1.82, 2.24) is 0 Å². The third-order valence-corrected chi connectivity index (χ3v) is 3.50. The van der Waals surface area contributed by atoms with Crippen LogP contribution in [0.4, 0.5) is 5.69 Å². The van der Waals surface area contributed by atoms with Gasteiger partial charge in [-0.05, 0) is 24.3 Å². The van der Waals surface area contributed by atoms with E-state index in [1.165, 1.54) is 0 Å². The van der Waals surface area contributed by atoms with E-state index in [9.17, 15) is 10.0 Å². The number of hydrogen-bond donors (Lipinski definition) is 0. The number of carbonyl (C=O) groups is 1. The van der Waals surface area contributed by atoms with Gasteiger partial charge in [0.25, 0.3) is 11.5 Å². The topological polar surface area (TPSA) is 43.1 Å². The van der Waals surface area contributed by atoms with Gasteiger partial charge in [-0.25, -0.2) is 0 Å². The molecule has 3 rings (SSSR count). The van der Waals surface area contributed by atoms with Crippen LogP contribution in [0.1, 0.15) is 15.9 Å². The van der Waals surface area contributed by atoms with Crippen LogP contribution in [0.3, 0.4) is 0 Å². The smallest absolute Gasteiger partial charge is 0.273 e. The number of fused-ring (bicyclic) bond motifs is 1. The second-order valence-electron chi connectivity index (χ2n) is 4.12. The van der Waals surface area contributed by atoms with Crippen molar-refractivity contribution >= 4 is 40.4 Å². The number of halogens is 2. The van der Waals surface area contributed by atoms with Crippen LogP contribution in [0.5, 0.6) is 0 Å². The molecule has 0 saturated heterocycles. The van der Waals surface area contributed by atoms with Crippen LogP contribution >= 0.6 is 23.2 Å². The van der Waals surface area contributed by atoms with E-state index in [4.69, 9.17) is 23.2 Å². The molecule has 0 saturated carbocycles. The number of benzene rings is 2. The lowest BCUT2D eigenvalue weighted by Crippen LogP contribution is -2.16. The summed E-state index contributed by atoms with van der Waals surface area (Å²) in [5.41, 5.74) is 1.05. The Balaban J connectivity index is 2.23. The fourth-order valence-electron chi connectivity index (χ4n) is 2.12. The number of hydrogen-bond acceptors (Lipinski definition) is 2. The highest BCUT2D eigenvalue weighted by atomic mass is 35.5. The van der Waals surface area contributed by atoms with Gasteiger partial charge in [0.1, 0.15) is 5.56 Å². The Morgan fingerprint density at radius 3 is 2.47 bits per heavy atom. The maximum atomic E-state index is 12.3. The van der Waals surface area contributed by atoms with Gasteiger partial charge in [0.15, 0.2) is 0 Å². The summed E-state index contributed by atoms with van der Waals surface area (Å²) in [6.07, 6.45) is 0. The number of ketones is 1. The summed E-state index contributed by atoms with van der Waals surface area (Å²) in [6.45, 7) is 0. The summed E-state index contributed by atoms with van der Waals surface area (Å²) in [7, 11) is 0. The lowest BCUT2D eigenvalue weighted by molar-refractivity contribution is -0.355. The lowest BCUT2D eigenvalue weighted by Gasteiger charge is -2.02. The summed E-state index contributed by atoms with van der Waals surface area (Å²) in [5.74, 6) is -0.377. The van der Waals surface area contributed by atoms with E-state index in [-0.39, 0.29) is 27.8 Å². The molecule has 0 radical (unpaired) electrons. The number of rotatable bonds is 1. The summed E-state index contributed by atoms with van der Waals surface area (Å²) < 4.78 is 0.606. The predicted molar refractivity (Wildman–Crippen MR) is 74.6 cm³/mol. The van der Waals surface area contributed by atoms with Gasteiger partial charge in [-0.2, -0.15) is 4.74 Å². The molecule has 0 fully saturated rings. The molecule has 5 heteroatoms. The quantitative estimate of drug-likeness (QED) is 0.592. The van der Waals surface area contributed by atoms with Crippen molar-refractivity contribution in [3.63, 3.8) is 0 Å². The maximum absolute atomic E-state index is 12.3. The molecule has 19 heavy (non-hydrogen) atoms. The van der Waals surface area contributed by atoms with E-state index < -0.39 is 0 Å². The molecule has 0 aliphatic carbocycles. The molecule has 0 unspecified atom stereocenters. The highest BCUT2D eigenvalue weighted by Gasteiger charge is 2.38. The average molecular weight is 292 g/mol. The number of carbonyl (C=O) groups excluding carboxylic acids is 1. The Morgan fingerprint density at radius 2 is 1.79 bits per heavy atom. The Bertz CT molecular complexity index is 738. The van der Waals surface area contributed by atoms with E-state index in [1.54, 1.807) is 42.5 Å². The molecule has 0 aromatic heterocycles. The molecule has 1 aliphatic heterocycles. The molecule has 0 amide bonds. The highest BCUT2D eigenvalue weighted by molar-refractivity contribution is 6.54. The van der Waals surface area contributed by atoms with Crippen LogP contribution in [0.2, 0.25) is 10.0 Å². The van der Waals surface area contributed by atoms with Gasteiger partial charge in [-0.3, -0.25) is 4.79 Å². The number of Topliss-reactive ketones (excluding diaryl/α,β-unsaturated/α-hetero) is 1. The lowest BCUT2D eigenvalue weighted by atomic mass is 10.0. The third-order valence-electron chi connectivity index (χ3n) is 2.95. The first-order valence-electron chi connectivity index (χ1n) is 5.53. The van der Waals surface area contributed by atoms with Crippen molar-refractivity contribution in [3.8, 4) is 0 Å². The Kier molecular flexibility index (Phi) is 2.81. The van der Waals surface area contributed by atoms with Gasteiger partial charge in [-0.1, -0.05) is 35.3 Å². The van der Waals surface area contributed by atoms with Crippen LogP contribution in [0.25, 0.3) is 0 Å². The van der Waals surface area contributed by atoms with Crippen molar-refractivity contribution in [2.24, 2.45) is 0 Å². The molecule has 0 bridgehead atoms. The fourth-order valence-corrected chi connectivity index (χ4v) is 2.57. The minimum absolute atomic E-state index is 0.0469. The largest absolute Gasteiger partial charge is 0.618 e. The van der Waals surface area contributed by atoms with E-state index in [2.05, 4.69) is 0 Å². The zero-order chi connectivity index (χ0) is 13.6. The van der Waals surface area contributed by atoms with Gasteiger partial charge in [0.2, 0.25) is 5.69 Å². The Labute approximate surface area is 119 Å². The minimum atomic E-state index is -0.377. The molecule has 2 aromatic rings. The molecule has 94 valence electrons. The molecule has 2 aromatic carbocycles. The molecule has 0 atom stereocenters. The van der Waals surface area contributed by atoms with Crippen LogP contribution in [-0.4, -0.2) is 16.2 Å². The first kappa shape index (κ1) is 12.2. The summed E-state index contributed by atoms with van der Waals surface area (Å²) in [6, 6.07) is 11.4. The van der Waals surface area contributed by atoms with Gasteiger partial charge in [0.05, 0.1) is 10.6 Å². The molecule has 3 nitrogen and oxygen atoms in total. The molecular weight excluding hydrogens is 285 g/mol. The zero-order valence-corrected chi connectivity index (χ0v) is 11.1. The van der Waals surface area contributed by atoms with Crippen molar-refractivity contribution in [2.75, 3.05) is 0 Å². The molecule has 1 aliphatic rings. The van der Waals surface area contributed by atoms with Crippen molar-refractivity contribution < 1.29 is 9.53 Å². The van der Waals surface area contributed by atoms with Crippen molar-refractivity contribution in [3.05, 3.63) is 68.8 Å². The standard InChI is InChI=1S/C14H7Cl2NO2/c15-9-4-1-3-8(7-9)13-14(18)12-10(16)5-2-6-11(12)17(13)19/h1-7H. The third kappa shape index (κ3) is 1.82. The predicted octanol–water partition coefficient (Wildman–Crippen LogP) is 3.82. The van der Waals surface area contributed by atoms with E-state index >= 15 is 0 Å². The Morgan fingerprint density at radius 1 is 1.05 bits per heavy atom. The van der Waals surface area contributed by atoms with Crippen LogP contribution in [0, 0.1) is 5.21 Å². The van der Waals surface area contributed by atoms with Gasteiger partial charge in [0, 0.05) is 11.1 Å². The second kappa shape index (κ2) is 4.37.